The molecule has 1 aromatic carbocycles. The molecular weight excluding hydrogens is 245 g/mol. The number of nitrogens with zero attached hydrogens (tertiary/aromatic N) is 1. The molecule has 1 amide bonds. The Balaban J connectivity index is 2.07. The molecule has 0 radical (unpaired) electrons. The molecule has 96 valence electrons. The van der Waals surface area contributed by atoms with Crippen LogP contribution < -0.4 is 5.32 Å². The van der Waals surface area contributed by atoms with Gasteiger partial charge in [0.2, 0.25) is 0 Å². The zero-order chi connectivity index (χ0) is 12.9. The van der Waals surface area contributed by atoms with Gasteiger partial charge in [0.15, 0.2) is 0 Å². The standard InChI is InChI=1S/C12H11F3N2O/c13-12(14,15)7-1-2-8-9(5-7)10-6-16-3-4-17(10)11(8)18/h1-2,5,10,16H,3-4,6H2. The Labute approximate surface area is 102 Å². The van der Waals surface area contributed by atoms with Crippen molar-refractivity contribution in [1.29, 1.82) is 0 Å². The van der Waals surface area contributed by atoms with Crippen molar-refractivity contribution in [3.8, 4) is 0 Å². The summed E-state index contributed by atoms with van der Waals surface area (Å²) in [6, 6.07) is 3.11. The van der Waals surface area contributed by atoms with Crippen molar-refractivity contribution in [3.63, 3.8) is 0 Å². The highest BCUT2D eigenvalue weighted by molar-refractivity contribution is 5.99. The molecule has 1 saturated heterocycles. The molecular formula is C12H11F3N2O. The minimum absolute atomic E-state index is 0.162. The second-order valence-electron chi connectivity index (χ2n) is 4.52. The molecule has 3 nitrogen and oxygen atoms in total. The molecule has 2 aliphatic heterocycles. The van der Waals surface area contributed by atoms with Crippen LogP contribution in [0.1, 0.15) is 27.5 Å². The molecule has 1 atom stereocenters. The number of hydrogen-bond acceptors (Lipinski definition) is 2. The van der Waals surface area contributed by atoms with Crippen LogP contribution in [0.5, 0.6) is 0 Å². The molecule has 0 bridgehead atoms. The summed E-state index contributed by atoms with van der Waals surface area (Å²) in [6.07, 6.45) is -4.37. The van der Waals surface area contributed by atoms with E-state index in [1.54, 1.807) is 4.90 Å². The van der Waals surface area contributed by atoms with Crippen molar-refractivity contribution in [2.24, 2.45) is 0 Å². The first-order chi connectivity index (χ1) is 8.48. The molecule has 1 unspecified atom stereocenters. The van der Waals surface area contributed by atoms with Gasteiger partial charge < -0.3 is 10.2 Å². The smallest absolute Gasteiger partial charge is 0.329 e. The minimum atomic E-state index is -4.37. The maximum atomic E-state index is 12.7. The van der Waals surface area contributed by atoms with Crippen LogP contribution in [0.2, 0.25) is 0 Å². The molecule has 1 fully saturated rings. The van der Waals surface area contributed by atoms with Gasteiger partial charge in [-0.1, -0.05) is 0 Å². The number of rotatable bonds is 0. The average molecular weight is 256 g/mol. The van der Waals surface area contributed by atoms with Crippen LogP contribution in [0.3, 0.4) is 0 Å². The summed E-state index contributed by atoms with van der Waals surface area (Å²) in [7, 11) is 0. The van der Waals surface area contributed by atoms with Gasteiger partial charge in [-0.2, -0.15) is 13.2 Å². The summed E-state index contributed by atoms with van der Waals surface area (Å²) in [5.41, 5.74) is 0.195. The molecule has 0 spiro atoms. The fourth-order valence-electron chi connectivity index (χ4n) is 2.59. The average Bonchev–Trinajstić information content (AvgIpc) is 2.63. The molecule has 2 aliphatic rings. The van der Waals surface area contributed by atoms with Crippen molar-refractivity contribution in [3.05, 3.63) is 34.9 Å². The van der Waals surface area contributed by atoms with Gasteiger partial charge in [0, 0.05) is 25.2 Å². The summed E-state index contributed by atoms with van der Waals surface area (Å²) in [6.45, 7) is 1.74. The zero-order valence-corrected chi connectivity index (χ0v) is 9.42. The van der Waals surface area contributed by atoms with Crippen molar-refractivity contribution >= 4 is 5.91 Å². The second-order valence-corrected chi connectivity index (χ2v) is 4.52. The normalized spacial score (nSPS) is 22.9. The Morgan fingerprint density at radius 3 is 2.83 bits per heavy atom. The van der Waals surface area contributed by atoms with Crippen molar-refractivity contribution in [2.45, 2.75) is 12.2 Å². The van der Waals surface area contributed by atoms with Crippen LogP contribution in [0.15, 0.2) is 18.2 Å². The first kappa shape index (κ1) is 11.5. The SMILES string of the molecule is O=C1c2ccc(C(F)(F)F)cc2C2CNCCN12. The van der Waals surface area contributed by atoms with Gasteiger partial charge in [0.05, 0.1) is 11.6 Å². The second kappa shape index (κ2) is 3.71. The number of piperazine rings is 1. The Morgan fingerprint density at radius 1 is 1.33 bits per heavy atom. The Morgan fingerprint density at radius 2 is 2.11 bits per heavy atom. The van der Waals surface area contributed by atoms with E-state index in [9.17, 15) is 18.0 Å². The largest absolute Gasteiger partial charge is 0.416 e. The number of carbonyl (C=O) groups is 1. The molecule has 1 aromatic rings. The van der Waals surface area contributed by atoms with E-state index < -0.39 is 11.7 Å². The van der Waals surface area contributed by atoms with Crippen molar-refractivity contribution in [2.75, 3.05) is 19.6 Å². The molecule has 2 heterocycles. The first-order valence-electron chi connectivity index (χ1n) is 5.71. The zero-order valence-electron chi connectivity index (χ0n) is 9.42. The summed E-state index contributed by atoms with van der Waals surface area (Å²) in [5, 5.41) is 3.10. The molecule has 6 heteroatoms. The number of hydrogen-bond donors (Lipinski definition) is 1. The van der Waals surface area contributed by atoms with Gasteiger partial charge in [-0.3, -0.25) is 4.79 Å². The lowest BCUT2D eigenvalue weighted by atomic mass is 10.0. The van der Waals surface area contributed by atoms with Gasteiger partial charge in [0.25, 0.3) is 5.91 Å². The molecule has 3 rings (SSSR count). The van der Waals surface area contributed by atoms with Gasteiger partial charge in [-0.25, -0.2) is 0 Å². The maximum absolute atomic E-state index is 12.7. The van der Waals surface area contributed by atoms with E-state index in [-0.39, 0.29) is 11.9 Å². The van der Waals surface area contributed by atoms with Crippen LogP contribution in [0.4, 0.5) is 13.2 Å². The fourth-order valence-corrected chi connectivity index (χ4v) is 2.59. The lowest BCUT2D eigenvalue weighted by molar-refractivity contribution is -0.137. The van der Waals surface area contributed by atoms with E-state index >= 15 is 0 Å². The molecule has 0 saturated carbocycles. The number of amides is 1. The summed E-state index contributed by atoms with van der Waals surface area (Å²) >= 11 is 0. The van der Waals surface area contributed by atoms with E-state index in [0.717, 1.165) is 12.1 Å². The lowest BCUT2D eigenvalue weighted by Crippen LogP contribution is -2.44. The van der Waals surface area contributed by atoms with E-state index in [4.69, 9.17) is 0 Å². The molecule has 18 heavy (non-hydrogen) atoms. The first-order valence-corrected chi connectivity index (χ1v) is 5.71. The predicted octanol–water partition coefficient (Wildman–Crippen LogP) is 1.81. The fraction of sp³-hybridized carbons (Fsp3) is 0.417. The summed E-state index contributed by atoms with van der Waals surface area (Å²) < 4.78 is 38.0. The quantitative estimate of drug-likeness (QED) is 0.767. The highest BCUT2D eigenvalue weighted by Crippen LogP contribution is 2.38. The number of alkyl halides is 3. The van der Waals surface area contributed by atoms with Crippen LogP contribution in [0, 0.1) is 0 Å². The number of halogens is 3. The summed E-state index contributed by atoms with van der Waals surface area (Å²) in [4.78, 5) is 13.6. The van der Waals surface area contributed by atoms with Gasteiger partial charge in [-0.05, 0) is 23.8 Å². The number of carbonyl (C=O) groups excluding carboxylic acids is 1. The third-order valence-electron chi connectivity index (χ3n) is 3.47. The van der Waals surface area contributed by atoms with Gasteiger partial charge in [-0.15, -0.1) is 0 Å². The van der Waals surface area contributed by atoms with E-state index in [0.29, 0.717) is 30.8 Å². The topological polar surface area (TPSA) is 32.3 Å². The van der Waals surface area contributed by atoms with E-state index in [2.05, 4.69) is 5.32 Å². The number of fused-ring (bicyclic) bond motifs is 3. The van der Waals surface area contributed by atoms with Gasteiger partial charge in [0.1, 0.15) is 0 Å². The van der Waals surface area contributed by atoms with Crippen molar-refractivity contribution < 1.29 is 18.0 Å². The Kier molecular flexibility index (Phi) is 2.38. The third-order valence-corrected chi connectivity index (χ3v) is 3.47. The van der Waals surface area contributed by atoms with E-state index in [1.807, 2.05) is 0 Å². The summed E-state index contributed by atoms with van der Waals surface area (Å²) in [5.74, 6) is -0.162. The maximum Gasteiger partial charge on any atom is 0.416 e. The van der Waals surface area contributed by atoms with Crippen LogP contribution >= 0.6 is 0 Å². The van der Waals surface area contributed by atoms with E-state index in [1.165, 1.54) is 6.07 Å². The molecule has 0 aromatic heterocycles. The Bertz CT molecular complexity index is 513. The van der Waals surface area contributed by atoms with Gasteiger partial charge >= 0.3 is 6.18 Å². The lowest BCUT2D eigenvalue weighted by Gasteiger charge is -2.30. The van der Waals surface area contributed by atoms with Crippen LogP contribution in [0.25, 0.3) is 0 Å². The van der Waals surface area contributed by atoms with Crippen LogP contribution in [-0.2, 0) is 6.18 Å². The van der Waals surface area contributed by atoms with Crippen LogP contribution in [-0.4, -0.2) is 30.4 Å². The van der Waals surface area contributed by atoms with Crippen molar-refractivity contribution in [1.82, 2.24) is 10.2 Å². The minimum Gasteiger partial charge on any atom is -0.329 e. The highest BCUT2D eigenvalue weighted by atomic mass is 19.4. The highest BCUT2D eigenvalue weighted by Gasteiger charge is 2.40. The Hall–Kier alpha value is -1.56. The predicted molar refractivity (Wildman–Crippen MR) is 58.1 cm³/mol. The molecule has 0 aliphatic carbocycles. The number of nitrogens with one attached hydrogen (secondary N) is 1. The number of benzene rings is 1. The molecule has 1 N–H and O–H groups in total. The third kappa shape index (κ3) is 1.59. The monoisotopic (exact) mass is 256 g/mol.